The Kier molecular flexibility index (Phi) is 32.9. The highest BCUT2D eigenvalue weighted by Crippen LogP contribution is 1.73. The second-order valence-corrected chi connectivity index (χ2v) is 2.06. The molecule has 0 atom stereocenters. The smallest absolute Gasteiger partial charge is 0.302 e. The van der Waals surface area contributed by atoms with E-state index in [0.717, 1.165) is 0 Å². The SMILES string of the molecule is CC#N.CCOC(C)=O.ClCCl. The van der Waals surface area contributed by atoms with Gasteiger partial charge in [-0.1, -0.05) is 0 Å². The lowest BCUT2D eigenvalue weighted by atomic mass is 10.8. The Labute approximate surface area is 83.2 Å². The second-order valence-electron chi connectivity index (χ2n) is 1.25. The maximum absolute atomic E-state index is 9.82. The third kappa shape index (κ3) is 108. The first-order valence-corrected chi connectivity index (χ1v) is 4.23. The number of halogens is 2. The lowest BCUT2D eigenvalue weighted by molar-refractivity contribution is -0.140. The quantitative estimate of drug-likeness (QED) is 0.497. The van der Waals surface area contributed by atoms with E-state index in [9.17, 15) is 4.79 Å². The fourth-order valence-electron chi connectivity index (χ4n) is 0.203. The van der Waals surface area contributed by atoms with Crippen LogP contribution in [0.4, 0.5) is 0 Å². The molecule has 0 fully saturated rings. The van der Waals surface area contributed by atoms with Crippen LogP contribution >= 0.6 is 23.2 Å². The number of nitriles is 1. The summed E-state index contributed by atoms with van der Waals surface area (Å²) in [5.74, 6) is -0.211. The van der Waals surface area contributed by atoms with Crippen LogP contribution in [0.1, 0.15) is 20.8 Å². The Morgan fingerprint density at radius 2 is 1.83 bits per heavy atom. The molecule has 0 aromatic heterocycles. The Balaban J connectivity index is -0.000000115. The number of nitrogens with zero attached hydrogens (tertiary/aromatic N) is 1. The molecular formula is C7H13Cl2NO2. The van der Waals surface area contributed by atoms with Gasteiger partial charge in [-0.3, -0.25) is 4.79 Å². The van der Waals surface area contributed by atoms with E-state index in [1.165, 1.54) is 13.8 Å². The molecule has 0 heterocycles. The highest BCUT2D eigenvalue weighted by atomic mass is 35.5. The highest BCUT2D eigenvalue weighted by molar-refractivity contribution is 6.40. The van der Waals surface area contributed by atoms with Crippen LogP contribution in [0.25, 0.3) is 0 Å². The van der Waals surface area contributed by atoms with Crippen molar-refractivity contribution in [1.29, 1.82) is 5.26 Å². The first-order chi connectivity index (χ1) is 5.60. The molecule has 0 unspecified atom stereocenters. The standard InChI is InChI=1S/C4H8O2.C2H3N.CH2Cl2/c1-3-6-4(2)5;1-2-3;2-1-3/h3H2,1-2H3;1H3;1H2. The van der Waals surface area contributed by atoms with Crippen molar-refractivity contribution in [3.05, 3.63) is 0 Å². The van der Waals surface area contributed by atoms with Crippen LogP contribution in [0.5, 0.6) is 0 Å². The number of ether oxygens (including phenoxy) is 1. The Morgan fingerprint density at radius 1 is 1.58 bits per heavy atom. The van der Waals surface area contributed by atoms with Crippen molar-refractivity contribution in [2.75, 3.05) is 11.9 Å². The number of hydrogen-bond acceptors (Lipinski definition) is 3. The monoisotopic (exact) mass is 213 g/mol. The molecule has 72 valence electrons. The van der Waals surface area contributed by atoms with Crippen molar-refractivity contribution in [1.82, 2.24) is 0 Å². The maximum Gasteiger partial charge on any atom is 0.302 e. The van der Waals surface area contributed by atoms with Gasteiger partial charge in [0.2, 0.25) is 0 Å². The molecule has 0 aliphatic heterocycles. The summed E-state index contributed by atoms with van der Waals surface area (Å²) in [5.41, 5.74) is 0. The zero-order chi connectivity index (χ0) is 10.4. The van der Waals surface area contributed by atoms with Crippen LogP contribution in [0.2, 0.25) is 0 Å². The fourth-order valence-corrected chi connectivity index (χ4v) is 0.203. The molecule has 0 radical (unpaired) electrons. The van der Waals surface area contributed by atoms with Gasteiger partial charge in [0.25, 0.3) is 0 Å². The third-order valence-corrected chi connectivity index (χ3v) is 0.348. The molecule has 0 rings (SSSR count). The summed E-state index contributed by atoms with van der Waals surface area (Å²) in [6, 6.07) is 1.75. The summed E-state index contributed by atoms with van der Waals surface area (Å²) in [6.45, 7) is 5.08. The van der Waals surface area contributed by atoms with E-state index >= 15 is 0 Å². The van der Waals surface area contributed by atoms with Crippen molar-refractivity contribution in [2.24, 2.45) is 0 Å². The van der Waals surface area contributed by atoms with Gasteiger partial charge in [-0.15, -0.1) is 23.2 Å². The number of esters is 1. The van der Waals surface area contributed by atoms with Crippen molar-refractivity contribution >= 4 is 29.2 Å². The lowest BCUT2D eigenvalue weighted by Gasteiger charge is -1.89. The van der Waals surface area contributed by atoms with Crippen molar-refractivity contribution in [3.8, 4) is 6.07 Å². The van der Waals surface area contributed by atoms with Crippen LogP contribution in [0.15, 0.2) is 0 Å². The zero-order valence-corrected chi connectivity index (χ0v) is 8.95. The predicted octanol–water partition coefficient (Wildman–Crippen LogP) is 2.52. The molecular weight excluding hydrogens is 201 g/mol. The maximum atomic E-state index is 9.82. The Hall–Kier alpha value is -0.460. The Bertz CT molecular complexity index is 123. The van der Waals surface area contributed by atoms with Crippen LogP contribution in [-0.4, -0.2) is 17.9 Å². The molecule has 5 heteroatoms. The summed E-state index contributed by atoms with van der Waals surface area (Å²) in [4.78, 5) is 9.82. The fraction of sp³-hybridized carbons (Fsp3) is 0.714. The predicted molar refractivity (Wildman–Crippen MR) is 50.2 cm³/mol. The van der Waals surface area contributed by atoms with Gasteiger partial charge in [0.15, 0.2) is 0 Å². The summed E-state index contributed by atoms with van der Waals surface area (Å²) in [6.07, 6.45) is 0. The minimum atomic E-state index is -0.211. The Morgan fingerprint density at radius 3 is 1.83 bits per heavy atom. The first kappa shape index (κ1) is 17.6. The molecule has 12 heavy (non-hydrogen) atoms. The van der Waals surface area contributed by atoms with Gasteiger partial charge in [0.05, 0.1) is 18.0 Å². The molecule has 0 amide bonds. The molecule has 0 aromatic carbocycles. The second kappa shape index (κ2) is 22.4. The summed E-state index contributed by atoms with van der Waals surface area (Å²) >= 11 is 9.53. The van der Waals surface area contributed by atoms with Crippen LogP contribution in [0.3, 0.4) is 0 Å². The molecule has 0 saturated heterocycles. The molecule has 0 bridgehead atoms. The number of carbonyl (C=O) groups excluding carboxylic acids is 1. The van der Waals surface area contributed by atoms with Gasteiger partial charge in [-0.25, -0.2) is 0 Å². The average Bonchev–Trinajstić information content (AvgIpc) is 1.89. The third-order valence-electron chi connectivity index (χ3n) is 0.348. The minimum absolute atomic E-state index is 0.194. The minimum Gasteiger partial charge on any atom is -0.466 e. The van der Waals surface area contributed by atoms with Gasteiger partial charge >= 0.3 is 5.97 Å². The van der Waals surface area contributed by atoms with E-state index in [0.29, 0.717) is 6.61 Å². The molecule has 0 saturated carbocycles. The summed E-state index contributed by atoms with van der Waals surface area (Å²) in [7, 11) is 0. The van der Waals surface area contributed by atoms with Crippen LogP contribution < -0.4 is 0 Å². The molecule has 3 nitrogen and oxygen atoms in total. The van der Waals surface area contributed by atoms with E-state index in [-0.39, 0.29) is 11.3 Å². The lowest BCUT2D eigenvalue weighted by Crippen LogP contribution is -1.95. The van der Waals surface area contributed by atoms with Gasteiger partial charge < -0.3 is 4.74 Å². The number of alkyl halides is 2. The van der Waals surface area contributed by atoms with Gasteiger partial charge in [-0.2, -0.15) is 5.26 Å². The van der Waals surface area contributed by atoms with E-state index in [4.69, 9.17) is 28.5 Å². The van der Waals surface area contributed by atoms with Crippen molar-refractivity contribution < 1.29 is 9.53 Å². The number of hydrogen-bond donors (Lipinski definition) is 0. The van der Waals surface area contributed by atoms with E-state index < -0.39 is 0 Å². The van der Waals surface area contributed by atoms with E-state index in [2.05, 4.69) is 4.74 Å². The number of rotatable bonds is 1. The number of carbonyl (C=O) groups is 1. The van der Waals surface area contributed by atoms with E-state index in [1.54, 1.807) is 13.0 Å². The average molecular weight is 214 g/mol. The van der Waals surface area contributed by atoms with Crippen LogP contribution in [0, 0.1) is 11.3 Å². The highest BCUT2D eigenvalue weighted by Gasteiger charge is 1.81. The normalized spacial score (nSPS) is 6.00. The summed E-state index contributed by atoms with van der Waals surface area (Å²) in [5, 5.41) is 7.51. The topological polar surface area (TPSA) is 50.1 Å². The molecule has 0 spiro atoms. The van der Waals surface area contributed by atoms with Gasteiger partial charge in [0, 0.05) is 13.8 Å². The summed E-state index contributed by atoms with van der Waals surface area (Å²) < 4.78 is 4.40. The first-order valence-electron chi connectivity index (χ1n) is 3.16. The molecule has 0 aliphatic carbocycles. The van der Waals surface area contributed by atoms with Crippen molar-refractivity contribution in [2.45, 2.75) is 20.8 Å². The van der Waals surface area contributed by atoms with Gasteiger partial charge in [0.1, 0.15) is 0 Å². The van der Waals surface area contributed by atoms with E-state index in [1.807, 2.05) is 0 Å². The van der Waals surface area contributed by atoms with Crippen molar-refractivity contribution in [3.63, 3.8) is 0 Å². The molecule has 0 N–H and O–H groups in total. The molecule has 0 aromatic rings. The van der Waals surface area contributed by atoms with Gasteiger partial charge in [-0.05, 0) is 6.92 Å². The molecule has 0 aliphatic rings. The van der Waals surface area contributed by atoms with Crippen LogP contribution in [-0.2, 0) is 9.53 Å². The zero-order valence-electron chi connectivity index (χ0n) is 7.43. The largest absolute Gasteiger partial charge is 0.466 e.